The van der Waals surface area contributed by atoms with Crippen LogP contribution in [0.5, 0.6) is 0 Å². The van der Waals surface area contributed by atoms with Crippen LogP contribution < -0.4 is 25.6 Å². The van der Waals surface area contributed by atoms with E-state index in [0.717, 1.165) is 83.3 Å². The molecule has 0 radical (unpaired) electrons. The zero-order chi connectivity index (χ0) is 76.1. The smallest absolute Gasteiger partial charge is 0.391 e. The van der Waals surface area contributed by atoms with Crippen LogP contribution in [0.25, 0.3) is 16.0 Å². The van der Waals surface area contributed by atoms with E-state index in [-0.39, 0.29) is 56.2 Å². The van der Waals surface area contributed by atoms with Crippen LogP contribution in [0.3, 0.4) is 0 Å². The number of thioether (sulfide) groups is 1. The molecule has 5 atom stereocenters. The van der Waals surface area contributed by atoms with Crippen molar-refractivity contribution in [2.75, 3.05) is 121 Å². The SMILES string of the molecule is Cc1ncsc1-c1ccc([C@H](C)NC(=O)[C@@H]2C[C@@H](O)CN2C(=O)[C@@H](NC(=O)CCOCCOCCN2CCN(CC[C@H](CSc3ccccc3)Nc3ccc(S(=O)(=O)NC(=O)c4ccc(N5CCN(CC6=C(c7ccc(Cl)cc7)CCC(C)(C)C6)CC5)cc4)cc3S(=O)(=O)C(F)(F)F)CC2)C(C)(C)C)cc1. The summed E-state index contributed by atoms with van der Waals surface area (Å²) in [5, 5.41) is 20.4. The number of nitrogens with one attached hydrogen (secondary N) is 4. The highest BCUT2D eigenvalue weighted by molar-refractivity contribution is 7.99. The van der Waals surface area contributed by atoms with Gasteiger partial charge in [-0.1, -0.05) is 106 Å². The first kappa shape index (κ1) is 81.6. The molecule has 0 bridgehead atoms. The summed E-state index contributed by atoms with van der Waals surface area (Å²) in [6.07, 6.45) is 2.57. The quantitative estimate of drug-likeness (QED) is 0.0200. The van der Waals surface area contributed by atoms with Gasteiger partial charge in [0.25, 0.3) is 25.8 Å². The van der Waals surface area contributed by atoms with Crippen molar-refractivity contribution in [1.29, 1.82) is 0 Å². The van der Waals surface area contributed by atoms with E-state index in [1.165, 1.54) is 45.5 Å². The van der Waals surface area contributed by atoms with Crippen molar-refractivity contribution in [3.63, 3.8) is 0 Å². The van der Waals surface area contributed by atoms with Crippen molar-refractivity contribution in [1.82, 2.24) is 39.9 Å². The zero-order valence-corrected chi connectivity index (χ0v) is 65.2. The third-order valence-corrected chi connectivity index (χ3v) is 25.3. The number of aromatic nitrogens is 1. The zero-order valence-electron chi connectivity index (χ0n) is 61.1. The molecule has 4 aliphatic rings. The van der Waals surface area contributed by atoms with E-state index >= 15 is 0 Å². The average Bonchev–Trinajstić information content (AvgIpc) is 0.959. The number of hydrogen-bond donors (Lipinski definition) is 5. The van der Waals surface area contributed by atoms with Gasteiger partial charge in [-0.05, 0) is 139 Å². The number of carbonyl (C=O) groups excluding carboxylic acids is 4. The van der Waals surface area contributed by atoms with Gasteiger partial charge in [0, 0.05) is 124 Å². The van der Waals surface area contributed by atoms with Crippen molar-refractivity contribution < 1.29 is 63.8 Å². The highest BCUT2D eigenvalue weighted by Crippen LogP contribution is 2.44. The molecule has 106 heavy (non-hydrogen) atoms. The number of hydrogen-bond acceptors (Lipinski definition) is 19. The number of benzene rings is 5. The number of aliphatic hydroxyl groups excluding tert-OH is 1. The van der Waals surface area contributed by atoms with Gasteiger partial charge in [-0.25, -0.2) is 26.5 Å². The molecule has 3 saturated heterocycles. The minimum Gasteiger partial charge on any atom is -0.391 e. The molecule has 0 spiro atoms. The molecule has 0 saturated carbocycles. The summed E-state index contributed by atoms with van der Waals surface area (Å²) in [4.78, 5) is 69.5. The van der Waals surface area contributed by atoms with Crippen LogP contribution in [-0.2, 0) is 43.7 Å². The second-order valence-electron chi connectivity index (χ2n) is 29.6. The largest absolute Gasteiger partial charge is 0.501 e. The number of halogens is 4. The number of aryl methyl sites for hydroxylation is 1. The Morgan fingerprint density at radius 3 is 2.07 bits per heavy atom. The highest BCUT2D eigenvalue weighted by atomic mass is 35.5. The number of allylic oxidation sites excluding steroid dienone is 1. The van der Waals surface area contributed by atoms with Gasteiger partial charge in [0.2, 0.25) is 17.7 Å². The Bertz CT molecular complexity index is 4250. The minimum absolute atomic E-state index is 0.0300. The molecule has 4 amide bonds. The summed E-state index contributed by atoms with van der Waals surface area (Å²) < 4.78 is 112. The van der Waals surface area contributed by atoms with Crippen LogP contribution in [0.2, 0.25) is 5.02 Å². The summed E-state index contributed by atoms with van der Waals surface area (Å²) in [7, 11) is -11.1. The molecule has 1 aromatic heterocycles. The maximum absolute atomic E-state index is 14.6. The van der Waals surface area contributed by atoms with Gasteiger partial charge in [-0.2, -0.15) is 13.2 Å². The second-order valence-corrected chi connectivity index (χ2v) is 35.6. The van der Waals surface area contributed by atoms with Gasteiger partial charge in [-0.15, -0.1) is 23.1 Å². The molecule has 5 aromatic carbocycles. The number of alkyl halides is 3. The number of sulfonamides is 1. The Morgan fingerprint density at radius 1 is 0.783 bits per heavy atom. The summed E-state index contributed by atoms with van der Waals surface area (Å²) in [6.45, 7) is 22.5. The van der Waals surface area contributed by atoms with E-state index in [0.29, 0.717) is 82.2 Å². The first-order chi connectivity index (χ1) is 50.3. The number of β-amino-alcohol motifs (C(OH)–C–C–N with tert-alkyl or cyclic N) is 1. The van der Waals surface area contributed by atoms with Crippen molar-refractivity contribution in [3.05, 3.63) is 160 Å². The molecule has 10 rings (SSSR count). The lowest BCUT2D eigenvalue weighted by Gasteiger charge is -2.39. The van der Waals surface area contributed by atoms with E-state index in [2.05, 4.69) is 66.5 Å². The highest BCUT2D eigenvalue weighted by Gasteiger charge is 2.49. The predicted octanol–water partition coefficient (Wildman–Crippen LogP) is 11.3. The lowest BCUT2D eigenvalue weighted by atomic mass is 9.73. The molecule has 4 heterocycles. The number of aliphatic hydroxyl groups is 1. The number of rotatable bonds is 31. The lowest BCUT2D eigenvalue weighted by molar-refractivity contribution is -0.144. The topological polar surface area (TPSA) is 252 Å². The lowest BCUT2D eigenvalue weighted by Crippen LogP contribution is -2.58. The second kappa shape index (κ2) is 36.0. The first-order valence-corrected chi connectivity index (χ1v) is 41.2. The van der Waals surface area contributed by atoms with E-state index < -0.39 is 94.1 Å². The third-order valence-electron chi connectivity index (χ3n) is 20.0. The molecule has 574 valence electrons. The molecule has 21 nitrogen and oxygen atoms in total. The van der Waals surface area contributed by atoms with Crippen LogP contribution in [0, 0.1) is 17.8 Å². The minimum atomic E-state index is -6.15. The maximum Gasteiger partial charge on any atom is 0.501 e. The number of carbonyl (C=O) groups is 4. The van der Waals surface area contributed by atoms with Crippen LogP contribution in [0.1, 0.15) is 113 Å². The number of nitrogens with zero attached hydrogens (tertiary/aromatic N) is 6. The fourth-order valence-corrected chi connectivity index (χ4v) is 17.8. The van der Waals surface area contributed by atoms with Gasteiger partial charge in [0.15, 0.2) is 0 Å². The molecular formula is C77H98ClF3N10O11S4. The molecule has 6 aromatic rings. The van der Waals surface area contributed by atoms with Gasteiger partial charge < -0.3 is 45.2 Å². The number of anilines is 2. The average molecular weight is 1560 g/mol. The fourth-order valence-electron chi connectivity index (χ4n) is 13.8. The number of likely N-dealkylation sites (tertiary alicyclic amines) is 1. The van der Waals surface area contributed by atoms with Gasteiger partial charge in [0.1, 0.15) is 17.0 Å². The first-order valence-electron chi connectivity index (χ1n) is 36.0. The number of ether oxygens (including phenoxy) is 2. The van der Waals surface area contributed by atoms with E-state index in [9.17, 15) is 54.3 Å². The molecule has 3 fully saturated rings. The maximum atomic E-state index is 14.6. The Kier molecular flexibility index (Phi) is 27.7. The van der Waals surface area contributed by atoms with E-state index in [1.807, 2.05) is 106 Å². The van der Waals surface area contributed by atoms with Crippen LogP contribution >= 0.6 is 34.7 Å². The summed E-state index contributed by atoms with van der Waals surface area (Å²) in [5.74, 6) is -2.03. The molecule has 0 unspecified atom stereocenters. The Labute approximate surface area is 634 Å². The molecule has 1 aliphatic carbocycles. The van der Waals surface area contributed by atoms with Crippen LogP contribution in [0.15, 0.2) is 147 Å². The van der Waals surface area contributed by atoms with Gasteiger partial charge >= 0.3 is 5.51 Å². The molecule has 5 N–H and O–H groups in total. The van der Waals surface area contributed by atoms with Crippen molar-refractivity contribution in [2.45, 2.75) is 137 Å². The van der Waals surface area contributed by atoms with Crippen molar-refractivity contribution in [3.8, 4) is 10.4 Å². The van der Waals surface area contributed by atoms with Gasteiger partial charge in [0.05, 0.1) is 65.2 Å². The summed E-state index contributed by atoms with van der Waals surface area (Å²) in [6, 6.07) is 31.1. The normalized spacial score (nSPS) is 18.8. The standard InChI is InChI=1S/C77H98ClF3N10O11S4/c1-52(54-13-15-56(16-14-54)70-53(2)82-51-104-70)83-73(95)67-45-62(92)49-91(67)74(96)71(75(3,4)5)85-69(93)29-41-101-43-44-102-42-40-88-34-32-87(33-35-88)31-28-60(50-103-63-11-9-8-10-12-63)84-66-26-25-64(46-68(66)105(97,98)77(79,80)81)106(99,100)86-72(94)57-19-23-61(24-20-57)90-38-36-89(37-39-90)48-58-47-76(6,7)30-27-65(58)55-17-21-59(78)22-18-55/h8-26,46,51-52,60,62,67,71,84,92H,27-45,47-50H2,1-7H3,(H,83,95)(H,85,93)(H,86,94)/t52-,60+,62+,67-,71+/m0/s1. The van der Waals surface area contributed by atoms with Crippen molar-refractivity contribution in [2.24, 2.45) is 10.8 Å². The van der Waals surface area contributed by atoms with Gasteiger partial charge in [-0.3, -0.25) is 29.0 Å². The van der Waals surface area contributed by atoms with Crippen molar-refractivity contribution >= 4 is 95.1 Å². The summed E-state index contributed by atoms with van der Waals surface area (Å²) >= 11 is 9.20. The number of thiazole rings is 1. The molecular weight excluding hydrogens is 1460 g/mol. The Balaban J connectivity index is 0.661. The number of amides is 4. The Morgan fingerprint density at radius 2 is 1.42 bits per heavy atom. The number of piperazine rings is 2. The van der Waals surface area contributed by atoms with E-state index in [4.69, 9.17) is 21.1 Å². The predicted molar refractivity (Wildman–Crippen MR) is 410 cm³/mol. The number of sulfone groups is 1. The molecule has 3 aliphatic heterocycles. The molecule has 29 heteroatoms. The summed E-state index contributed by atoms with van der Waals surface area (Å²) in [5.41, 5.74) is 2.64. The van der Waals surface area contributed by atoms with Crippen LogP contribution in [-0.4, -0.2) is 211 Å². The fraction of sp³-hybridized carbons (Fsp3) is 0.494. The van der Waals surface area contributed by atoms with Crippen LogP contribution in [0.4, 0.5) is 24.5 Å². The monoisotopic (exact) mass is 1560 g/mol. The Hall–Kier alpha value is -6.96. The third kappa shape index (κ3) is 21.9. The van der Waals surface area contributed by atoms with E-state index in [1.54, 1.807) is 29.0 Å².